The minimum atomic E-state index is 0.677. The number of hydrogen-bond acceptors (Lipinski definition) is 2. The molecule has 0 radical (unpaired) electrons. The molecule has 2 aliphatic heterocycles. The molecule has 1 atom stereocenters. The van der Waals surface area contributed by atoms with Crippen molar-refractivity contribution in [2.24, 2.45) is 5.92 Å². The second kappa shape index (κ2) is 11.8. The summed E-state index contributed by atoms with van der Waals surface area (Å²) in [6.45, 7) is 11.0. The molecular weight excluding hydrogens is 363 g/mol. The van der Waals surface area contributed by atoms with Crippen LogP contribution in [-0.2, 0) is 12.7 Å². The number of nitrogens with zero attached hydrogens (tertiary/aromatic N) is 2. The highest BCUT2D eigenvalue weighted by molar-refractivity contribution is 6.66. The average molecular weight is 408 g/mol. The fourth-order valence-corrected chi connectivity index (χ4v) is 5.29. The van der Waals surface area contributed by atoms with E-state index in [1.165, 1.54) is 62.4 Å². The molecule has 30 heavy (non-hydrogen) atoms. The maximum absolute atomic E-state index is 4.20. The van der Waals surface area contributed by atoms with Crippen LogP contribution in [0.2, 0.25) is 0 Å². The van der Waals surface area contributed by atoms with Crippen LogP contribution in [-0.4, -0.2) is 50.6 Å². The summed E-state index contributed by atoms with van der Waals surface area (Å²) in [7, 11) is 8.34. The van der Waals surface area contributed by atoms with Gasteiger partial charge < -0.3 is 9.80 Å². The van der Waals surface area contributed by atoms with E-state index < -0.39 is 0 Å². The van der Waals surface area contributed by atoms with Gasteiger partial charge in [-0.3, -0.25) is 0 Å². The van der Waals surface area contributed by atoms with E-state index in [9.17, 15) is 0 Å². The Morgan fingerprint density at radius 3 is 2.37 bits per heavy atom. The van der Waals surface area contributed by atoms with Crippen LogP contribution in [0.3, 0.4) is 0 Å². The Bertz CT molecular complexity index is 713. The third-order valence-electron chi connectivity index (χ3n) is 6.68. The van der Waals surface area contributed by atoms with Gasteiger partial charge in [0.2, 0.25) is 0 Å². The summed E-state index contributed by atoms with van der Waals surface area (Å²) in [6, 6.07) is 6.81. The highest BCUT2D eigenvalue weighted by atomic mass is 15.1. The number of benzene rings is 1. The second-order valence-corrected chi connectivity index (χ2v) is 9.68. The zero-order valence-electron chi connectivity index (χ0n) is 20.8. The lowest BCUT2D eigenvalue weighted by molar-refractivity contribution is 0.305. The van der Waals surface area contributed by atoms with Crippen LogP contribution in [0.1, 0.15) is 76.0 Å². The van der Waals surface area contributed by atoms with Crippen molar-refractivity contribution >= 4 is 12.3 Å². The minimum Gasteiger partial charge on any atom is -0.383 e. The first-order valence-corrected chi connectivity index (χ1v) is 12.2. The van der Waals surface area contributed by atoms with Gasteiger partial charge in [-0.25, -0.2) is 0 Å². The van der Waals surface area contributed by atoms with Crippen LogP contribution in [0.5, 0.6) is 0 Å². The molecule has 166 valence electrons. The Labute approximate surface area is 187 Å². The van der Waals surface area contributed by atoms with Crippen molar-refractivity contribution in [1.29, 1.82) is 0 Å². The van der Waals surface area contributed by atoms with Crippen molar-refractivity contribution in [2.75, 3.05) is 28.2 Å². The Morgan fingerprint density at radius 2 is 1.77 bits per heavy atom. The van der Waals surface area contributed by atoms with Crippen molar-refractivity contribution in [1.82, 2.24) is 9.80 Å². The maximum atomic E-state index is 4.20. The molecule has 1 fully saturated rings. The molecule has 3 aliphatic rings. The molecule has 2 nitrogen and oxygen atoms in total. The van der Waals surface area contributed by atoms with E-state index >= 15 is 0 Å². The van der Waals surface area contributed by atoms with E-state index in [0.29, 0.717) is 12.7 Å². The lowest BCUT2D eigenvalue weighted by Crippen LogP contribution is -2.43. The molecule has 0 spiro atoms. The topological polar surface area (TPSA) is 6.48 Å². The zero-order valence-corrected chi connectivity index (χ0v) is 20.8. The monoisotopic (exact) mass is 408 g/mol. The van der Waals surface area contributed by atoms with E-state index in [0.717, 1.165) is 5.92 Å². The lowest BCUT2D eigenvalue weighted by Gasteiger charge is -2.34. The highest BCUT2D eigenvalue weighted by Crippen LogP contribution is 2.37. The summed E-state index contributed by atoms with van der Waals surface area (Å²) >= 11 is 0. The van der Waals surface area contributed by atoms with Gasteiger partial charge in [0.05, 0.1) is 0 Å². The molecule has 0 amide bonds. The summed E-state index contributed by atoms with van der Waals surface area (Å²) < 4.78 is 0. The van der Waals surface area contributed by atoms with Gasteiger partial charge in [-0.15, -0.1) is 0 Å². The quantitative estimate of drug-likeness (QED) is 0.541. The van der Waals surface area contributed by atoms with Crippen molar-refractivity contribution in [3.05, 3.63) is 53.1 Å². The van der Waals surface area contributed by atoms with Crippen LogP contribution in [0, 0.1) is 5.92 Å². The summed E-state index contributed by atoms with van der Waals surface area (Å²) in [6.07, 6.45) is 10.9. The van der Waals surface area contributed by atoms with E-state index in [-0.39, 0.29) is 0 Å². The minimum absolute atomic E-state index is 0.677. The smallest absolute Gasteiger partial charge is 0.199 e. The normalized spacial score (nSPS) is 20.4. The highest BCUT2D eigenvalue weighted by Gasteiger charge is 2.39. The molecule has 1 aliphatic carbocycles. The summed E-state index contributed by atoms with van der Waals surface area (Å²) in [5, 5.41) is 0. The Morgan fingerprint density at radius 1 is 1.13 bits per heavy atom. The first kappa shape index (κ1) is 24.8. The van der Waals surface area contributed by atoms with Crippen molar-refractivity contribution in [2.45, 2.75) is 78.0 Å². The molecule has 1 unspecified atom stereocenters. The van der Waals surface area contributed by atoms with E-state index in [4.69, 9.17) is 0 Å². The molecular formula is C27H45BN2. The SMILES string of the molecule is C=C(C)c1cccc2c1CB1C=C(CC3CCCCC3)N(C)C1C2.CC.CN(C)C. The molecule has 4 rings (SSSR count). The third-order valence-corrected chi connectivity index (χ3v) is 6.68. The first-order valence-electron chi connectivity index (χ1n) is 12.2. The van der Waals surface area contributed by atoms with Crippen LogP contribution in [0.4, 0.5) is 0 Å². The number of fused-ring (bicyclic) bond motifs is 2. The van der Waals surface area contributed by atoms with E-state index in [1.807, 2.05) is 39.9 Å². The number of allylic oxidation sites excluding steroid dienone is 2. The van der Waals surface area contributed by atoms with Crippen molar-refractivity contribution in [3.8, 4) is 0 Å². The van der Waals surface area contributed by atoms with Crippen LogP contribution in [0.25, 0.3) is 5.57 Å². The van der Waals surface area contributed by atoms with E-state index in [2.05, 4.69) is 49.6 Å². The van der Waals surface area contributed by atoms with E-state index in [1.54, 1.807) is 16.8 Å². The van der Waals surface area contributed by atoms with Gasteiger partial charge in [0.15, 0.2) is 6.71 Å². The van der Waals surface area contributed by atoms with Gasteiger partial charge >= 0.3 is 0 Å². The number of likely N-dealkylation sites (N-methyl/N-ethyl adjacent to an activating group) is 1. The standard InChI is InChI=1S/C22H30BN.C3H9N.C2H6/c1-16(2)20-11-7-10-18-13-22-23(15-21(18)20)14-19(24(22)3)12-17-8-5-4-6-9-17;1-4(2)3;1-2/h7,10-11,14,17,22H,1,4-6,8-9,12-13,15H2,2-3H3;1-3H3;1-2H3. The molecule has 0 bridgehead atoms. The summed E-state index contributed by atoms with van der Waals surface area (Å²) in [5.41, 5.74) is 7.35. The Balaban J connectivity index is 0.000000481. The molecule has 3 heteroatoms. The van der Waals surface area contributed by atoms with Gasteiger partial charge in [0.25, 0.3) is 0 Å². The molecule has 1 saturated carbocycles. The first-order chi connectivity index (χ1) is 14.4. The molecule has 1 aromatic carbocycles. The van der Waals surface area contributed by atoms with Gasteiger partial charge in [-0.05, 0) is 69.8 Å². The van der Waals surface area contributed by atoms with Gasteiger partial charge in [-0.1, -0.05) is 82.3 Å². The molecule has 0 saturated heterocycles. The fourth-order valence-electron chi connectivity index (χ4n) is 5.29. The lowest BCUT2D eigenvalue weighted by atomic mass is 9.38. The molecule has 0 aromatic heterocycles. The molecule has 1 aromatic rings. The summed E-state index contributed by atoms with van der Waals surface area (Å²) in [4.78, 5) is 4.62. The third kappa shape index (κ3) is 6.26. The van der Waals surface area contributed by atoms with Crippen LogP contribution < -0.4 is 0 Å². The zero-order chi connectivity index (χ0) is 22.3. The van der Waals surface area contributed by atoms with Crippen LogP contribution in [0.15, 0.2) is 36.5 Å². The summed E-state index contributed by atoms with van der Waals surface area (Å²) in [5.74, 6) is 4.23. The predicted molar refractivity (Wildman–Crippen MR) is 136 cm³/mol. The fraction of sp³-hybridized carbons (Fsp3) is 0.630. The predicted octanol–water partition coefficient (Wildman–Crippen LogP) is 6.30. The van der Waals surface area contributed by atoms with Crippen molar-refractivity contribution < 1.29 is 0 Å². The van der Waals surface area contributed by atoms with Crippen molar-refractivity contribution in [3.63, 3.8) is 0 Å². The molecule has 2 heterocycles. The molecule has 0 N–H and O–H groups in total. The number of hydrogen-bond donors (Lipinski definition) is 0. The largest absolute Gasteiger partial charge is 0.383 e. The Kier molecular flexibility index (Phi) is 9.74. The average Bonchev–Trinajstić information content (AvgIpc) is 3.02. The second-order valence-electron chi connectivity index (χ2n) is 9.68. The maximum Gasteiger partial charge on any atom is 0.199 e. The van der Waals surface area contributed by atoms with Gasteiger partial charge in [0, 0.05) is 18.7 Å². The van der Waals surface area contributed by atoms with Gasteiger partial charge in [0.1, 0.15) is 0 Å². The van der Waals surface area contributed by atoms with Gasteiger partial charge in [-0.2, -0.15) is 0 Å². The Hall–Kier alpha value is -1.48. The number of rotatable bonds is 3. The van der Waals surface area contributed by atoms with Crippen LogP contribution >= 0.6 is 0 Å².